The highest BCUT2D eigenvalue weighted by molar-refractivity contribution is 6.30. The predicted molar refractivity (Wildman–Crippen MR) is 99.9 cm³/mol. The number of hydrogen-bond donors (Lipinski definition) is 1. The molecule has 0 unspecified atom stereocenters. The first-order valence-electron chi connectivity index (χ1n) is 8.60. The summed E-state index contributed by atoms with van der Waals surface area (Å²) in [6.07, 6.45) is 2.36. The van der Waals surface area contributed by atoms with Crippen molar-refractivity contribution in [3.05, 3.63) is 41.0 Å². The number of nitrogens with zero attached hydrogens (tertiary/aromatic N) is 4. The summed E-state index contributed by atoms with van der Waals surface area (Å²) < 4.78 is 5.15. The minimum Gasteiger partial charge on any atom is -0.481 e. The van der Waals surface area contributed by atoms with E-state index in [4.69, 9.17) is 16.3 Å². The van der Waals surface area contributed by atoms with E-state index in [0.29, 0.717) is 49.5 Å². The highest BCUT2D eigenvalue weighted by Crippen LogP contribution is 2.29. The quantitative estimate of drug-likeness (QED) is 0.885. The lowest BCUT2D eigenvalue weighted by Gasteiger charge is -2.36. The molecule has 1 aromatic heterocycles. The van der Waals surface area contributed by atoms with Crippen LogP contribution in [0.25, 0.3) is 0 Å². The Labute approximate surface area is 156 Å². The molecule has 26 heavy (non-hydrogen) atoms. The van der Waals surface area contributed by atoms with Gasteiger partial charge in [0.1, 0.15) is 6.04 Å². The monoisotopic (exact) mass is 373 g/mol. The number of amides is 1. The van der Waals surface area contributed by atoms with Crippen LogP contribution in [0.15, 0.2) is 30.5 Å². The van der Waals surface area contributed by atoms with Crippen LogP contribution in [0.1, 0.15) is 5.56 Å². The van der Waals surface area contributed by atoms with Crippen molar-refractivity contribution in [3.8, 4) is 5.88 Å². The zero-order valence-electron chi connectivity index (χ0n) is 14.5. The second-order valence-corrected chi connectivity index (χ2v) is 6.85. The van der Waals surface area contributed by atoms with Crippen molar-refractivity contribution in [2.75, 3.05) is 43.5 Å². The van der Waals surface area contributed by atoms with Crippen LogP contribution in [0.5, 0.6) is 5.88 Å². The number of nitrogens with one attached hydrogen (secondary N) is 1. The second-order valence-electron chi connectivity index (χ2n) is 6.41. The van der Waals surface area contributed by atoms with Crippen molar-refractivity contribution in [1.29, 1.82) is 0 Å². The van der Waals surface area contributed by atoms with Crippen LogP contribution < -0.4 is 15.0 Å². The molecular formula is C18H20ClN5O2. The second kappa shape index (κ2) is 6.99. The van der Waals surface area contributed by atoms with E-state index in [9.17, 15) is 4.79 Å². The van der Waals surface area contributed by atoms with Crippen LogP contribution in [-0.4, -0.2) is 60.1 Å². The highest BCUT2D eigenvalue weighted by Gasteiger charge is 2.32. The summed E-state index contributed by atoms with van der Waals surface area (Å²) in [4.78, 5) is 25.5. The zero-order chi connectivity index (χ0) is 18.1. The van der Waals surface area contributed by atoms with Gasteiger partial charge in [-0.2, -0.15) is 4.98 Å². The Kier molecular flexibility index (Phi) is 4.55. The number of methoxy groups -OCH3 is 1. The van der Waals surface area contributed by atoms with E-state index >= 15 is 0 Å². The van der Waals surface area contributed by atoms with Gasteiger partial charge in [0.2, 0.25) is 17.7 Å². The third-order valence-electron chi connectivity index (χ3n) is 4.82. The molecule has 1 saturated heterocycles. The number of carbonyl (C=O) groups is 1. The molecule has 1 N–H and O–H groups in total. The summed E-state index contributed by atoms with van der Waals surface area (Å²) in [5.74, 6) is 1.31. The Bertz CT molecular complexity index is 823. The summed E-state index contributed by atoms with van der Waals surface area (Å²) >= 11 is 6.05. The average molecular weight is 374 g/mol. The molecular weight excluding hydrogens is 354 g/mol. The topological polar surface area (TPSA) is 70.6 Å². The molecule has 1 amide bonds. The number of carbonyl (C=O) groups excluding carboxylic acids is 1. The predicted octanol–water partition coefficient (Wildman–Crippen LogP) is 1.82. The van der Waals surface area contributed by atoms with E-state index in [1.54, 1.807) is 19.4 Å². The highest BCUT2D eigenvalue weighted by atomic mass is 35.5. The van der Waals surface area contributed by atoms with Crippen LogP contribution in [0.2, 0.25) is 5.02 Å². The van der Waals surface area contributed by atoms with E-state index in [1.165, 1.54) is 0 Å². The number of hydrogen-bond acceptors (Lipinski definition) is 6. The summed E-state index contributed by atoms with van der Waals surface area (Å²) in [6, 6.07) is 7.20. The van der Waals surface area contributed by atoms with Gasteiger partial charge in [-0.15, -0.1) is 0 Å². The van der Waals surface area contributed by atoms with E-state index in [0.717, 1.165) is 11.3 Å². The summed E-state index contributed by atoms with van der Waals surface area (Å²) in [6.45, 7) is 2.69. The molecule has 8 heteroatoms. The number of anilines is 2. The first-order valence-corrected chi connectivity index (χ1v) is 8.97. The van der Waals surface area contributed by atoms with Gasteiger partial charge in [-0.3, -0.25) is 4.79 Å². The molecule has 3 heterocycles. The largest absolute Gasteiger partial charge is 0.481 e. The minimum atomic E-state index is -0.219. The maximum absolute atomic E-state index is 12.9. The van der Waals surface area contributed by atoms with E-state index in [1.807, 2.05) is 23.1 Å². The molecule has 1 atom stereocenters. The fraction of sp³-hybridized carbons (Fsp3) is 0.389. The van der Waals surface area contributed by atoms with Gasteiger partial charge in [-0.25, -0.2) is 4.98 Å². The first kappa shape index (κ1) is 16.9. The van der Waals surface area contributed by atoms with Crippen molar-refractivity contribution in [3.63, 3.8) is 0 Å². The molecule has 0 aliphatic carbocycles. The molecule has 0 saturated carbocycles. The van der Waals surface area contributed by atoms with E-state index in [-0.39, 0.29) is 11.9 Å². The van der Waals surface area contributed by atoms with Gasteiger partial charge < -0.3 is 19.9 Å². The summed E-state index contributed by atoms with van der Waals surface area (Å²) in [5, 5.41) is 4.01. The molecule has 2 aliphatic heterocycles. The number of halogens is 1. The normalized spacial score (nSPS) is 19.1. The number of ether oxygens (including phenoxy) is 1. The zero-order valence-corrected chi connectivity index (χ0v) is 15.2. The standard InChI is InChI=1S/C18H20ClN5O2/c1-26-16-4-5-20-18(22-16)24-8-6-23(7-9-24)17(25)15-11-12-10-13(19)2-3-14(12)21-15/h2-5,10,15,21H,6-9,11H2,1H3/t15-/m1/s1. The molecule has 0 radical (unpaired) electrons. The Morgan fingerprint density at radius 3 is 2.85 bits per heavy atom. The van der Waals surface area contributed by atoms with Gasteiger partial charge in [-0.05, 0) is 23.8 Å². The first-order chi connectivity index (χ1) is 12.6. The lowest BCUT2D eigenvalue weighted by Crippen LogP contribution is -2.52. The van der Waals surface area contributed by atoms with E-state index in [2.05, 4.69) is 20.2 Å². The Morgan fingerprint density at radius 2 is 2.08 bits per heavy atom. The lowest BCUT2D eigenvalue weighted by molar-refractivity contribution is -0.132. The van der Waals surface area contributed by atoms with Crippen LogP contribution in [0.4, 0.5) is 11.6 Å². The smallest absolute Gasteiger partial charge is 0.245 e. The van der Waals surface area contributed by atoms with Crippen molar-refractivity contribution in [2.24, 2.45) is 0 Å². The van der Waals surface area contributed by atoms with Gasteiger partial charge in [0.05, 0.1) is 7.11 Å². The van der Waals surface area contributed by atoms with E-state index < -0.39 is 0 Å². The number of fused-ring (bicyclic) bond motifs is 1. The van der Waals surface area contributed by atoms with Gasteiger partial charge in [-0.1, -0.05) is 11.6 Å². The average Bonchev–Trinajstić information content (AvgIpc) is 3.10. The Hall–Kier alpha value is -2.54. The van der Waals surface area contributed by atoms with Gasteiger partial charge in [0, 0.05) is 55.6 Å². The molecule has 7 nitrogen and oxygen atoms in total. The van der Waals surface area contributed by atoms with Crippen LogP contribution >= 0.6 is 11.6 Å². The van der Waals surface area contributed by atoms with Gasteiger partial charge in [0.25, 0.3) is 0 Å². The summed E-state index contributed by atoms with van der Waals surface area (Å²) in [7, 11) is 1.59. The van der Waals surface area contributed by atoms with Crippen LogP contribution in [0.3, 0.4) is 0 Å². The fourth-order valence-corrected chi connectivity index (χ4v) is 3.62. The maximum atomic E-state index is 12.9. The molecule has 0 spiro atoms. The number of piperazine rings is 1. The van der Waals surface area contributed by atoms with Crippen molar-refractivity contribution >= 4 is 29.1 Å². The van der Waals surface area contributed by atoms with Crippen LogP contribution in [-0.2, 0) is 11.2 Å². The Balaban J connectivity index is 1.37. The lowest BCUT2D eigenvalue weighted by atomic mass is 10.1. The minimum absolute atomic E-state index is 0.128. The van der Waals surface area contributed by atoms with Gasteiger partial charge >= 0.3 is 0 Å². The van der Waals surface area contributed by atoms with Crippen molar-refractivity contribution in [1.82, 2.24) is 14.9 Å². The van der Waals surface area contributed by atoms with Crippen molar-refractivity contribution < 1.29 is 9.53 Å². The van der Waals surface area contributed by atoms with Crippen LogP contribution in [0, 0.1) is 0 Å². The SMILES string of the molecule is COc1ccnc(N2CCN(C(=O)[C@H]3Cc4cc(Cl)ccc4N3)CC2)n1. The molecule has 1 aromatic carbocycles. The molecule has 2 aliphatic rings. The maximum Gasteiger partial charge on any atom is 0.245 e. The molecule has 136 valence electrons. The molecule has 1 fully saturated rings. The Morgan fingerprint density at radius 1 is 1.27 bits per heavy atom. The molecule has 4 rings (SSSR count). The molecule has 2 aromatic rings. The molecule has 0 bridgehead atoms. The van der Waals surface area contributed by atoms with Gasteiger partial charge in [0.15, 0.2) is 0 Å². The number of aromatic nitrogens is 2. The number of benzene rings is 1. The third kappa shape index (κ3) is 3.26. The van der Waals surface area contributed by atoms with Crippen molar-refractivity contribution in [2.45, 2.75) is 12.5 Å². The third-order valence-corrected chi connectivity index (χ3v) is 5.05. The summed E-state index contributed by atoms with van der Waals surface area (Å²) in [5.41, 5.74) is 2.09. The number of rotatable bonds is 3. The fourth-order valence-electron chi connectivity index (χ4n) is 3.43.